The molecule has 7 heteroatoms. The molecule has 0 unspecified atom stereocenters. The molecule has 0 saturated heterocycles. The van der Waals surface area contributed by atoms with Crippen LogP contribution in [-0.4, -0.2) is 19.2 Å². The van der Waals surface area contributed by atoms with Crippen molar-refractivity contribution in [1.82, 2.24) is 5.32 Å². The lowest BCUT2D eigenvalue weighted by molar-refractivity contribution is -0.137. The Kier molecular flexibility index (Phi) is 6.11. The number of carbonyl (C=O) groups excluding carboxylic acids is 1. The fourth-order valence-corrected chi connectivity index (χ4v) is 3.94. The Bertz CT molecular complexity index is 1180. The molecular formula is C25H17ClF3NO2. The van der Waals surface area contributed by atoms with E-state index in [0.29, 0.717) is 0 Å². The fourth-order valence-electron chi connectivity index (χ4n) is 3.77. The van der Waals surface area contributed by atoms with Gasteiger partial charge in [0.05, 0.1) is 12.1 Å². The number of hydrogen-bond acceptors (Lipinski definition) is 2. The molecule has 0 heterocycles. The molecule has 3 nitrogen and oxygen atoms in total. The van der Waals surface area contributed by atoms with E-state index in [2.05, 4.69) is 17.2 Å². The van der Waals surface area contributed by atoms with E-state index in [9.17, 15) is 18.0 Å². The van der Waals surface area contributed by atoms with Gasteiger partial charge in [-0.05, 0) is 40.5 Å². The molecule has 1 N–H and O–H groups in total. The molecule has 0 atom stereocenters. The molecule has 1 aliphatic carbocycles. The first-order chi connectivity index (χ1) is 15.3. The van der Waals surface area contributed by atoms with E-state index in [1.54, 1.807) is 0 Å². The van der Waals surface area contributed by atoms with Gasteiger partial charge in [-0.3, -0.25) is 0 Å². The number of ether oxygens (including phenoxy) is 1. The average Bonchev–Trinajstić information content (AvgIpc) is 3.09. The minimum Gasteiger partial charge on any atom is -0.449 e. The van der Waals surface area contributed by atoms with Crippen LogP contribution < -0.4 is 5.32 Å². The van der Waals surface area contributed by atoms with Gasteiger partial charge >= 0.3 is 12.3 Å². The van der Waals surface area contributed by atoms with Crippen LogP contribution in [0.4, 0.5) is 18.0 Å². The molecule has 3 aromatic rings. The normalized spacial score (nSPS) is 12.4. The molecule has 32 heavy (non-hydrogen) atoms. The molecule has 0 saturated carbocycles. The van der Waals surface area contributed by atoms with Crippen LogP contribution in [0.5, 0.6) is 0 Å². The van der Waals surface area contributed by atoms with E-state index in [1.165, 1.54) is 12.1 Å². The molecule has 3 aromatic carbocycles. The first-order valence-electron chi connectivity index (χ1n) is 9.79. The fraction of sp³-hybridized carbons (Fsp3) is 0.160. The summed E-state index contributed by atoms with van der Waals surface area (Å²) in [6.45, 7) is -0.0146. The number of rotatable bonds is 3. The van der Waals surface area contributed by atoms with Gasteiger partial charge in [-0.15, -0.1) is 0 Å². The lowest BCUT2D eigenvalue weighted by Crippen LogP contribution is -2.26. The van der Waals surface area contributed by atoms with E-state index >= 15 is 0 Å². The van der Waals surface area contributed by atoms with Gasteiger partial charge in [0.15, 0.2) is 0 Å². The Morgan fingerprint density at radius 1 is 1.00 bits per heavy atom. The molecule has 0 aromatic heterocycles. The maximum absolute atomic E-state index is 13.1. The highest BCUT2D eigenvalue weighted by Gasteiger charge is 2.33. The smallest absolute Gasteiger partial charge is 0.417 e. The second-order valence-electron chi connectivity index (χ2n) is 7.17. The Morgan fingerprint density at radius 2 is 1.62 bits per heavy atom. The number of halogens is 4. The van der Waals surface area contributed by atoms with Crippen LogP contribution in [0, 0.1) is 11.8 Å². The Balaban J connectivity index is 1.37. The van der Waals surface area contributed by atoms with Gasteiger partial charge in [0.2, 0.25) is 0 Å². The zero-order valence-corrected chi connectivity index (χ0v) is 17.4. The number of alkyl carbamates (subject to hydrolysis) is 1. The molecular weight excluding hydrogens is 439 g/mol. The third-order valence-corrected chi connectivity index (χ3v) is 5.41. The van der Waals surface area contributed by atoms with E-state index in [-0.39, 0.29) is 29.7 Å². The van der Waals surface area contributed by atoms with Gasteiger partial charge in [-0.2, -0.15) is 13.2 Å². The van der Waals surface area contributed by atoms with Crippen molar-refractivity contribution >= 4 is 17.7 Å². The second kappa shape index (κ2) is 8.97. The minimum absolute atomic E-state index is 0.0281. The lowest BCUT2D eigenvalue weighted by atomic mass is 9.98. The standard InChI is InChI=1S/C25H17ClF3NO2/c26-17-12-11-16(23(14-17)25(27,28)29)6-5-13-30-24(31)32-15-22-20-9-3-1-7-18(20)19-8-2-4-10-21(19)22/h1-4,7-12,14,22H,13,15H2,(H,30,31). The van der Waals surface area contributed by atoms with Crippen molar-refractivity contribution in [3.8, 4) is 23.0 Å². The molecule has 1 aliphatic rings. The Morgan fingerprint density at radius 3 is 2.25 bits per heavy atom. The Hall–Kier alpha value is -3.43. The molecule has 162 valence electrons. The number of fused-ring (bicyclic) bond motifs is 3. The van der Waals surface area contributed by atoms with E-state index in [0.717, 1.165) is 28.3 Å². The monoisotopic (exact) mass is 455 g/mol. The summed E-state index contributed by atoms with van der Waals surface area (Å²) < 4.78 is 44.7. The predicted octanol–water partition coefficient (Wildman–Crippen LogP) is 6.25. The maximum Gasteiger partial charge on any atom is 0.417 e. The summed E-state index contributed by atoms with van der Waals surface area (Å²) in [6.07, 6.45) is -5.26. The molecule has 0 spiro atoms. The van der Waals surface area contributed by atoms with Gasteiger partial charge in [0, 0.05) is 16.5 Å². The van der Waals surface area contributed by atoms with Crippen molar-refractivity contribution in [2.45, 2.75) is 12.1 Å². The van der Waals surface area contributed by atoms with Crippen LogP contribution in [0.15, 0.2) is 66.7 Å². The van der Waals surface area contributed by atoms with Crippen LogP contribution in [0.2, 0.25) is 5.02 Å². The number of benzene rings is 3. The van der Waals surface area contributed by atoms with Crippen LogP contribution in [-0.2, 0) is 10.9 Å². The number of alkyl halides is 3. The van der Waals surface area contributed by atoms with Gasteiger partial charge < -0.3 is 10.1 Å². The Labute approximate surface area is 188 Å². The number of hydrogen-bond donors (Lipinski definition) is 1. The summed E-state index contributed by atoms with van der Waals surface area (Å²) in [5, 5.41) is 2.42. The van der Waals surface area contributed by atoms with Crippen LogP contribution in [0.1, 0.15) is 28.2 Å². The predicted molar refractivity (Wildman–Crippen MR) is 116 cm³/mol. The first-order valence-corrected chi connectivity index (χ1v) is 10.2. The van der Waals surface area contributed by atoms with Crippen LogP contribution in [0.25, 0.3) is 11.1 Å². The molecule has 0 fully saturated rings. The van der Waals surface area contributed by atoms with Gasteiger partial charge in [0.1, 0.15) is 6.61 Å². The van der Waals surface area contributed by atoms with Crippen molar-refractivity contribution in [3.63, 3.8) is 0 Å². The largest absolute Gasteiger partial charge is 0.449 e. The molecule has 0 radical (unpaired) electrons. The van der Waals surface area contributed by atoms with Crippen LogP contribution in [0.3, 0.4) is 0 Å². The molecule has 1 amide bonds. The summed E-state index contributed by atoms with van der Waals surface area (Å²) in [4.78, 5) is 12.1. The van der Waals surface area contributed by atoms with Crippen LogP contribution >= 0.6 is 11.6 Å². The topological polar surface area (TPSA) is 38.3 Å². The quantitative estimate of drug-likeness (QED) is 0.474. The van der Waals surface area contributed by atoms with Gasteiger partial charge in [-0.1, -0.05) is 72.0 Å². The van der Waals surface area contributed by atoms with E-state index in [1.807, 2.05) is 48.5 Å². The number of amides is 1. The lowest BCUT2D eigenvalue weighted by Gasteiger charge is -2.14. The number of carbonyl (C=O) groups is 1. The number of nitrogens with one attached hydrogen (secondary N) is 1. The van der Waals surface area contributed by atoms with Gasteiger partial charge in [-0.25, -0.2) is 4.79 Å². The highest BCUT2D eigenvalue weighted by Crippen LogP contribution is 2.44. The van der Waals surface area contributed by atoms with Crippen molar-refractivity contribution < 1.29 is 22.7 Å². The third kappa shape index (κ3) is 4.58. The van der Waals surface area contributed by atoms with Gasteiger partial charge in [0.25, 0.3) is 0 Å². The minimum atomic E-state index is -4.57. The highest BCUT2D eigenvalue weighted by atomic mass is 35.5. The van der Waals surface area contributed by atoms with Crippen molar-refractivity contribution in [1.29, 1.82) is 0 Å². The second-order valence-corrected chi connectivity index (χ2v) is 7.60. The summed E-state index contributed by atoms with van der Waals surface area (Å²) in [7, 11) is 0. The SMILES string of the molecule is O=C(NCC#Cc1ccc(Cl)cc1C(F)(F)F)OCC1c2ccccc2-c2ccccc21. The van der Waals surface area contributed by atoms with Crippen molar-refractivity contribution in [2.75, 3.05) is 13.2 Å². The highest BCUT2D eigenvalue weighted by molar-refractivity contribution is 6.30. The van der Waals surface area contributed by atoms with Crippen molar-refractivity contribution in [2.24, 2.45) is 0 Å². The molecule has 4 rings (SSSR count). The summed E-state index contributed by atoms with van der Waals surface area (Å²) in [5.41, 5.74) is 3.28. The van der Waals surface area contributed by atoms with E-state index in [4.69, 9.17) is 16.3 Å². The zero-order chi connectivity index (χ0) is 22.7. The molecule has 0 bridgehead atoms. The molecule has 0 aliphatic heterocycles. The summed E-state index contributed by atoms with van der Waals surface area (Å²) >= 11 is 5.66. The van der Waals surface area contributed by atoms with E-state index < -0.39 is 17.8 Å². The average molecular weight is 456 g/mol. The maximum atomic E-state index is 13.1. The summed E-state index contributed by atoms with van der Waals surface area (Å²) in [6, 6.07) is 19.3. The third-order valence-electron chi connectivity index (χ3n) is 5.17. The zero-order valence-electron chi connectivity index (χ0n) is 16.7. The first kappa shape index (κ1) is 21.8. The van der Waals surface area contributed by atoms with Crippen molar-refractivity contribution in [3.05, 3.63) is 94.0 Å². The summed E-state index contributed by atoms with van der Waals surface area (Å²) in [5.74, 6) is 4.86.